The van der Waals surface area contributed by atoms with Crippen molar-refractivity contribution in [3.63, 3.8) is 0 Å². The van der Waals surface area contributed by atoms with E-state index in [9.17, 15) is 18.0 Å². The van der Waals surface area contributed by atoms with Gasteiger partial charge in [-0.15, -0.1) is 4.28 Å². The number of benzene rings is 1. The normalized spacial score (nSPS) is 21.8. The molecule has 1 aromatic carbocycles. The Balaban J connectivity index is 1.44. The molecule has 2 aliphatic rings. The van der Waals surface area contributed by atoms with Crippen molar-refractivity contribution in [3.8, 4) is 5.69 Å². The van der Waals surface area contributed by atoms with Crippen molar-refractivity contribution in [2.24, 2.45) is 0 Å². The van der Waals surface area contributed by atoms with E-state index in [0.29, 0.717) is 23.6 Å². The number of nitrogens with zero attached hydrogens (tertiary/aromatic N) is 4. The van der Waals surface area contributed by atoms with E-state index in [1.54, 1.807) is 47.4 Å². The van der Waals surface area contributed by atoms with Crippen LogP contribution in [0.3, 0.4) is 0 Å². The van der Waals surface area contributed by atoms with Crippen molar-refractivity contribution in [1.82, 2.24) is 19.7 Å². The minimum atomic E-state index is -4.82. The van der Waals surface area contributed by atoms with Crippen LogP contribution in [0, 0.1) is 0 Å². The summed E-state index contributed by atoms with van der Waals surface area (Å²) in [5.41, 5.74) is 1.39. The number of anilines is 1. The molecule has 2 bridgehead atoms. The molecule has 4 rings (SSSR count). The van der Waals surface area contributed by atoms with E-state index in [0.717, 1.165) is 5.69 Å². The van der Waals surface area contributed by atoms with Gasteiger partial charge >= 0.3 is 16.4 Å². The van der Waals surface area contributed by atoms with Crippen molar-refractivity contribution >= 4 is 28.0 Å². The highest BCUT2D eigenvalue weighted by molar-refractivity contribution is 7.80. The van der Waals surface area contributed by atoms with Crippen molar-refractivity contribution in [2.45, 2.75) is 24.9 Å². The number of urea groups is 1. The fraction of sp³-hybridized carbons (Fsp3) is 0.312. The zero-order chi connectivity index (χ0) is 19.9. The summed E-state index contributed by atoms with van der Waals surface area (Å²) >= 11 is 0. The molecular formula is C16H17N5O6S. The number of aromatic nitrogens is 2. The lowest BCUT2D eigenvalue weighted by atomic mass is 10.0. The Bertz CT molecular complexity index is 991. The number of carbonyl (C=O) groups excluding carboxylic acids is 2. The molecule has 0 spiro atoms. The third kappa shape index (κ3) is 3.56. The van der Waals surface area contributed by atoms with E-state index in [2.05, 4.69) is 14.7 Å². The van der Waals surface area contributed by atoms with E-state index < -0.39 is 28.5 Å². The maximum atomic E-state index is 12.7. The number of hydroxylamine groups is 2. The Morgan fingerprint density at radius 2 is 2.00 bits per heavy atom. The Hall–Kier alpha value is -2.96. The van der Waals surface area contributed by atoms with Gasteiger partial charge in [0.15, 0.2) is 0 Å². The minimum absolute atomic E-state index is 0.144. The number of fused-ring (bicyclic) bond motifs is 2. The van der Waals surface area contributed by atoms with Gasteiger partial charge in [-0.3, -0.25) is 9.35 Å². The topological polar surface area (TPSA) is 134 Å². The van der Waals surface area contributed by atoms with Crippen LogP contribution in [0.4, 0.5) is 10.5 Å². The zero-order valence-corrected chi connectivity index (χ0v) is 15.3. The van der Waals surface area contributed by atoms with E-state index >= 15 is 0 Å². The summed E-state index contributed by atoms with van der Waals surface area (Å²) < 4.78 is 36.7. The van der Waals surface area contributed by atoms with E-state index in [4.69, 9.17) is 4.55 Å². The highest BCUT2D eigenvalue weighted by Gasteiger charge is 2.49. The molecular weight excluding hydrogens is 390 g/mol. The van der Waals surface area contributed by atoms with Gasteiger partial charge in [0.05, 0.1) is 11.7 Å². The van der Waals surface area contributed by atoms with E-state index in [-0.39, 0.29) is 12.5 Å². The summed E-state index contributed by atoms with van der Waals surface area (Å²) in [5.74, 6) is -0.382. The summed E-state index contributed by atoms with van der Waals surface area (Å²) in [6.07, 6.45) is 4.17. The van der Waals surface area contributed by atoms with Crippen molar-refractivity contribution in [1.29, 1.82) is 0 Å². The Kier molecular flexibility index (Phi) is 4.53. The number of carbonyl (C=O) groups is 2. The lowest BCUT2D eigenvalue weighted by molar-refractivity contribution is -0.120. The average molecular weight is 407 g/mol. The molecule has 0 unspecified atom stereocenters. The minimum Gasteiger partial charge on any atom is -0.324 e. The monoisotopic (exact) mass is 407 g/mol. The first-order valence-electron chi connectivity index (χ1n) is 8.49. The second kappa shape index (κ2) is 6.89. The Labute approximate surface area is 160 Å². The maximum Gasteiger partial charge on any atom is 0.418 e. The molecule has 0 radical (unpaired) electrons. The molecule has 148 valence electrons. The van der Waals surface area contributed by atoms with Gasteiger partial charge in [0.25, 0.3) is 0 Å². The number of nitrogens with one attached hydrogen (secondary N) is 1. The van der Waals surface area contributed by atoms with Gasteiger partial charge in [-0.2, -0.15) is 18.6 Å². The number of hydrogen-bond acceptors (Lipinski definition) is 6. The fourth-order valence-electron chi connectivity index (χ4n) is 3.45. The molecule has 2 aromatic rings. The lowest BCUT2D eigenvalue weighted by Crippen LogP contribution is -2.47. The molecule has 2 saturated heterocycles. The fourth-order valence-corrected chi connectivity index (χ4v) is 3.84. The van der Waals surface area contributed by atoms with Gasteiger partial charge in [-0.25, -0.2) is 9.48 Å². The highest BCUT2D eigenvalue weighted by Crippen LogP contribution is 2.31. The van der Waals surface area contributed by atoms with E-state index in [1.165, 1.54) is 4.90 Å². The van der Waals surface area contributed by atoms with E-state index in [1.807, 2.05) is 0 Å². The molecule has 11 nitrogen and oxygen atoms in total. The second-order valence-corrected chi connectivity index (χ2v) is 7.50. The molecule has 3 amide bonds. The molecule has 0 saturated carbocycles. The van der Waals surface area contributed by atoms with Crippen LogP contribution in [0.5, 0.6) is 0 Å². The Morgan fingerprint density at radius 1 is 1.25 bits per heavy atom. The van der Waals surface area contributed by atoms with Crippen LogP contribution in [0.15, 0.2) is 42.7 Å². The molecule has 1 aromatic heterocycles. The lowest BCUT2D eigenvalue weighted by Gasteiger charge is -2.29. The number of piperidine rings is 1. The quantitative estimate of drug-likeness (QED) is 0.701. The molecule has 2 N–H and O–H groups in total. The third-order valence-electron chi connectivity index (χ3n) is 4.70. The summed E-state index contributed by atoms with van der Waals surface area (Å²) in [6.45, 7) is 0.144. The van der Waals surface area contributed by atoms with Crippen LogP contribution in [0.2, 0.25) is 0 Å². The van der Waals surface area contributed by atoms with Gasteiger partial charge in [0, 0.05) is 24.6 Å². The van der Waals surface area contributed by atoms with Gasteiger partial charge < -0.3 is 10.2 Å². The van der Waals surface area contributed by atoms with Crippen molar-refractivity contribution < 1.29 is 26.8 Å². The summed E-state index contributed by atoms with van der Waals surface area (Å²) in [6, 6.07) is 6.77. The van der Waals surface area contributed by atoms with Crippen LogP contribution >= 0.6 is 0 Å². The average Bonchev–Trinajstić information content (AvgIpc) is 3.26. The SMILES string of the molecule is O=C(Nc1ccc(-n2cccn2)cc1)[C@@H]1CC[C@H]2CN1C(=O)N2OS(=O)(=O)O. The molecule has 28 heavy (non-hydrogen) atoms. The van der Waals surface area contributed by atoms with Crippen LogP contribution in [-0.2, 0) is 19.5 Å². The van der Waals surface area contributed by atoms with Crippen molar-refractivity contribution in [3.05, 3.63) is 42.7 Å². The van der Waals surface area contributed by atoms with Crippen LogP contribution < -0.4 is 5.32 Å². The maximum absolute atomic E-state index is 12.7. The van der Waals surface area contributed by atoms with Gasteiger partial charge in [0.1, 0.15) is 6.04 Å². The van der Waals surface area contributed by atoms with Crippen molar-refractivity contribution in [2.75, 3.05) is 11.9 Å². The first-order chi connectivity index (χ1) is 13.3. The molecule has 12 heteroatoms. The molecule has 3 heterocycles. The van der Waals surface area contributed by atoms with Crippen LogP contribution in [0.1, 0.15) is 12.8 Å². The first-order valence-corrected chi connectivity index (χ1v) is 9.86. The number of hydrogen-bond donors (Lipinski definition) is 2. The largest absolute Gasteiger partial charge is 0.418 e. The third-order valence-corrected chi connectivity index (χ3v) is 5.05. The summed E-state index contributed by atoms with van der Waals surface area (Å²) in [7, 11) is -4.82. The smallest absolute Gasteiger partial charge is 0.324 e. The first kappa shape index (κ1) is 18.4. The number of amides is 3. The molecule has 2 fully saturated rings. The Morgan fingerprint density at radius 3 is 2.64 bits per heavy atom. The predicted octanol–water partition coefficient (Wildman–Crippen LogP) is 0.814. The van der Waals surface area contributed by atoms with Gasteiger partial charge in [0.2, 0.25) is 5.91 Å². The van der Waals surface area contributed by atoms with Gasteiger partial charge in [-0.05, 0) is 43.2 Å². The predicted molar refractivity (Wildman–Crippen MR) is 95.6 cm³/mol. The standard InChI is InChI=1S/C16H17N5O6S/c22-15(18-11-2-4-12(5-3-11)20-9-1-8-17-20)14-7-6-13-10-19(14)16(23)21(13)27-28(24,25)26/h1-5,8-9,13-14H,6-7,10H2,(H,18,22)(H,24,25,26)/t13-,14-/m0/s1. The summed E-state index contributed by atoms with van der Waals surface area (Å²) in [4.78, 5) is 26.3. The van der Waals surface area contributed by atoms with Crippen LogP contribution in [-0.4, -0.2) is 63.3 Å². The molecule has 2 aliphatic heterocycles. The highest BCUT2D eigenvalue weighted by atomic mass is 32.3. The second-order valence-electron chi connectivity index (χ2n) is 6.50. The van der Waals surface area contributed by atoms with Gasteiger partial charge in [-0.1, -0.05) is 0 Å². The van der Waals surface area contributed by atoms with Crippen LogP contribution in [0.25, 0.3) is 5.69 Å². The summed E-state index contributed by atoms with van der Waals surface area (Å²) in [5, 5.41) is 7.50. The zero-order valence-electron chi connectivity index (χ0n) is 14.5. The molecule has 0 aliphatic carbocycles. The molecule has 2 atom stereocenters. The number of rotatable bonds is 5.